The van der Waals surface area contributed by atoms with E-state index < -0.39 is 0 Å². The van der Waals surface area contributed by atoms with E-state index in [2.05, 4.69) is 31.1 Å². The number of hydrogen-bond acceptors (Lipinski definition) is 3. The highest BCUT2D eigenvalue weighted by atomic mass is 16.5. The van der Waals surface area contributed by atoms with Gasteiger partial charge in [-0.25, -0.2) is 0 Å². The van der Waals surface area contributed by atoms with E-state index in [0.717, 1.165) is 44.3 Å². The summed E-state index contributed by atoms with van der Waals surface area (Å²) in [5, 5.41) is 3.40. The largest absolute Gasteiger partial charge is 0.476 e. The van der Waals surface area contributed by atoms with Gasteiger partial charge < -0.3 is 10.1 Å². The van der Waals surface area contributed by atoms with Crippen LogP contribution in [0.2, 0.25) is 0 Å². The summed E-state index contributed by atoms with van der Waals surface area (Å²) in [6.45, 7) is 9.98. The molecule has 0 radical (unpaired) electrons. The summed E-state index contributed by atoms with van der Waals surface area (Å²) in [4.78, 5) is 4.57. The van der Waals surface area contributed by atoms with Gasteiger partial charge in [-0.05, 0) is 43.7 Å². The van der Waals surface area contributed by atoms with E-state index in [0.29, 0.717) is 11.5 Å². The molecule has 1 atom stereocenters. The van der Waals surface area contributed by atoms with Crippen LogP contribution in [0.4, 0.5) is 0 Å². The fourth-order valence-electron chi connectivity index (χ4n) is 2.71. The van der Waals surface area contributed by atoms with E-state index in [9.17, 15) is 0 Å². The first-order chi connectivity index (χ1) is 8.03. The summed E-state index contributed by atoms with van der Waals surface area (Å²) in [5.74, 6) is 1.80. The molecule has 98 valence electrons. The molecule has 0 saturated carbocycles. The van der Waals surface area contributed by atoms with Gasteiger partial charge in [-0.2, -0.15) is 0 Å². The third-order valence-corrected chi connectivity index (χ3v) is 3.54. The third kappa shape index (κ3) is 4.30. The van der Waals surface area contributed by atoms with Crippen molar-refractivity contribution in [2.45, 2.75) is 52.6 Å². The number of nitrogens with zero attached hydrogens (tertiary/aromatic N) is 1. The minimum absolute atomic E-state index is 0.326. The minimum Gasteiger partial charge on any atom is -0.476 e. The molecule has 0 aliphatic carbocycles. The lowest BCUT2D eigenvalue weighted by Crippen LogP contribution is -2.29. The molecule has 0 spiro atoms. The molecule has 0 aromatic rings. The Morgan fingerprint density at radius 3 is 2.65 bits per heavy atom. The molecule has 2 heterocycles. The van der Waals surface area contributed by atoms with Crippen LogP contribution in [0.5, 0.6) is 0 Å². The Bertz CT molecular complexity index is 274. The van der Waals surface area contributed by atoms with Crippen molar-refractivity contribution in [1.29, 1.82) is 0 Å². The summed E-state index contributed by atoms with van der Waals surface area (Å²) >= 11 is 0. The van der Waals surface area contributed by atoms with Crippen LogP contribution in [0.3, 0.4) is 0 Å². The van der Waals surface area contributed by atoms with Crippen molar-refractivity contribution in [3.05, 3.63) is 0 Å². The van der Waals surface area contributed by atoms with Crippen LogP contribution in [0.15, 0.2) is 4.99 Å². The summed E-state index contributed by atoms with van der Waals surface area (Å²) in [7, 11) is 0. The van der Waals surface area contributed by atoms with Crippen LogP contribution in [0.25, 0.3) is 0 Å². The summed E-state index contributed by atoms with van der Waals surface area (Å²) in [6, 6.07) is 0. The van der Waals surface area contributed by atoms with Crippen molar-refractivity contribution in [2.24, 2.45) is 16.3 Å². The van der Waals surface area contributed by atoms with Gasteiger partial charge in [0.2, 0.25) is 0 Å². The molecule has 2 rings (SSSR count). The Balaban J connectivity index is 1.73. The van der Waals surface area contributed by atoms with Crippen molar-refractivity contribution < 1.29 is 4.74 Å². The lowest BCUT2D eigenvalue weighted by molar-refractivity contribution is 0.154. The second kappa shape index (κ2) is 5.38. The van der Waals surface area contributed by atoms with Gasteiger partial charge >= 0.3 is 0 Å². The number of piperidine rings is 1. The topological polar surface area (TPSA) is 33.6 Å². The first-order valence-electron chi connectivity index (χ1n) is 6.94. The Morgan fingerprint density at radius 2 is 2.00 bits per heavy atom. The van der Waals surface area contributed by atoms with Crippen LogP contribution in [0, 0.1) is 11.3 Å². The molecule has 0 bridgehead atoms. The molecular weight excluding hydrogens is 212 g/mol. The lowest BCUT2D eigenvalue weighted by Gasteiger charge is -2.24. The zero-order chi connectivity index (χ0) is 12.3. The van der Waals surface area contributed by atoms with E-state index in [1.54, 1.807) is 0 Å². The molecule has 1 N–H and O–H groups in total. The molecule has 2 aliphatic rings. The fourth-order valence-corrected chi connectivity index (χ4v) is 2.71. The molecule has 2 aliphatic heterocycles. The van der Waals surface area contributed by atoms with Gasteiger partial charge in [-0.15, -0.1) is 0 Å². The Kier molecular flexibility index (Phi) is 4.08. The van der Waals surface area contributed by atoms with Gasteiger partial charge in [-0.1, -0.05) is 20.8 Å². The molecule has 1 saturated heterocycles. The van der Waals surface area contributed by atoms with Gasteiger partial charge in [0, 0.05) is 6.42 Å². The predicted octanol–water partition coefficient (Wildman–Crippen LogP) is 2.61. The van der Waals surface area contributed by atoms with Crippen LogP contribution in [0.1, 0.15) is 46.5 Å². The molecule has 1 fully saturated rings. The number of nitrogens with one attached hydrogen (secondary N) is 1. The first-order valence-corrected chi connectivity index (χ1v) is 6.94. The molecule has 1 unspecified atom stereocenters. The summed E-state index contributed by atoms with van der Waals surface area (Å²) in [5.41, 5.74) is 0.338. The average molecular weight is 238 g/mol. The van der Waals surface area contributed by atoms with E-state index in [-0.39, 0.29) is 0 Å². The summed E-state index contributed by atoms with van der Waals surface area (Å²) < 4.78 is 5.97. The number of ether oxygens (including phenoxy) is 1. The summed E-state index contributed by atoms with van der Waals surface area (Å²) in [6.07, 6.45) is 5.03. The van der Waals surface area contributed by atoms with Crippen molar-refractivity contribution in [3.8, 4) is 0 Å². The van der Waals surface area contributed by atoms with Gasteiger partial charge in [-0.3, -0.25) is 4.99 Å². The molecule has 3 heteroatoms. The molecule has 0 amide bonds. The Morgan fingerprint density at radius 1 is 1.29 bits per heavy atom. The Hall–Kier alpha value is -0.570. The van der Waals surface area contributed by atoms with E-state index in [1.165, 1.54) is 12.8 Å². The maximum absolute atomic E-state index is 5.97. The molecule has 3 nitrogen and oxygen atoms in total. The smallest absolute Gasteiger partial charge is 0.183 e. The SMILES string of the molecule is CC(C)(C)CC1CN=C(CC2CCNCC2)O1. The number of rotatable bonds is 3. The lowest BCUT2D eigenvalue weighted by atomic mass is 9.89. The van der Waals surface area contributed by atoms with Crippen molar-refractivity contribution in [2.75, 3.05) is 19.6 Å². The van der Waals surface area contributed by atoms with Gasteiger partial charge in [0.05, 0.1) is 6.54 Å². The molecular formula is C14H26N2O. The maximum Gasteiger partial charge on any atom is 0.183 e. The predicted molar refractivity (Wildman–Crippen MR) is 71.5 cm³/mol. The standard InChI is InChI=1S/C14H26N2O/c1-14(2,3)9-12-10-16-13(17-12)8-11-4-6-15-7-5-11/h11-12,15H,4-10H2,1-3H3. The Labute approximate surface area is 105 Å². The van der Waals surface area contributed by atoms with E-state index in [1.807, 2.05) is 0 Å². The van der Waals surface area contributed by atoms with Crippen LogP contribution in [-0.2, 0) is 4.74 Å². The number of hydrogen-bond donors (Lipinski definition) is 1. The quantitative estimate of drug-likeness (QED) is 0.820. The van der Waals surface area contributed by atoms with Gasteiger partial charge in [0.1, 0.15) is 6.10 Å². The number of aliphatic imine (C=N–C) groups is 1. The highest BCUT2D eigenvalue weighted by Gasteiger charge is 2.27. The average Bonchev–Trinajstić information content (AvgIpc) is 2.64. The van der Waals surface area contributed by atoms with Crippen molar-refractivity contribution in [3.63, 3.8) is 0 Å². The van der Waals surface area contributed by atoms with Gasteiger partial charge in [0.25, 0.3) is 0 Å². The second-order valence-electron chi connectivity index (χ2n) is 6.64. The fraction of sp³-hybridized carbons (Fsp3) is 0.929. The van der Waals surface area contributed by atoms with Gasteiger partial charge in [0.15, 0.2) is 5.90 Å². The molecule has 0 aromatic carbocycles. The van der Waals surface area contributed by atoms with E-state index in [4.69, 9.17) is 4.74 Å². The zero-order valence-electron chi connectivity index (χ0n) is 11.5. The molecule has 17 heavy (non-hydrogen) atoms. The van der Waals surface area contributed by atoms with Crippen molar-refractivity contribution >= 4 is 5.90 Å². The van der Waals surface area contributed by atoms with Crippen LogP contribution < -0.4 is 5.32 Å². The third-order valence-electron chi connectivity index (χ3n) is 3.54. The highest BCUT2D eigenvalue weighted by Crippen LogP contribution is 2.26. The molecule has 0 aromatic heterocycles. The normalized spacial score (nSPS) is 26.8. The monoisotopic (exact) mass is 238 g/mol. The van der Waals surface area contributed by atoms with Crippen molar-refractivity contribution in [1.82, 2.24) is 5.32 Å². The van der Waals surface area contributed by atoms with E-state index >= 15 is 0 Å². The second-order valence-corrected chi connectivity index (χ2v) is 6.64. The maximum atomic E-state index is 5.97. The highest BCUT2D eigenvalue weighted by molar-refractivity contribution is 5.77. The van der Waals surface area contributed by atoms with Crippen LogP contribution >= 0.6 is 0 Å². The minimum atomic E-state index is 0.326. The van der Waals surface area contributed by atoms with Crippen LogP contribution in [-0.4, -0.2) is 31.6 Å². The zero-order valence-corrected chi connectivity index (χ0v) is 11.5. The first kappa shape index (κ1) is 12.9.